The average molecular weight is 381 g/mol. The molecule has 0 spiro atoms. The Morgan fingerprint density at radius 2 is 1.38 bits per heavy atom. The second kappa shape index (κ2) is 7.88. The van der Waals surface area contributed by atoms with Gasteiger partial charge in [-0.25, -0.2) is 4.98 Å². The molecule has 24 heavy (non-hydrogen) atoms. The fourth-order valence-corrected chi connectivity index (χ4v) is 2.71. The van der Waals surface area contributed by atoms with Gasteiger partial charge in [0.1, 0.15) is 5.69 Å². The summed E-state index contributed by atoms with van der Waals surface area (Å²) >= 11 is 3.35. The highest BCUT2D eigenvalue weighted by Gasteiger charge is 2.17. The molecule has 0 fully saturated rings. The SMILES string of the molecule is O=C(c1ccc(Br)cn1)N(Cc1ccccc1)Cc1ccccc1. The van der Waals surface area contributed by atoms with Crippen molar-refractivity contribution >= 4 is 21.8 Å². The van der Waals surface area contributed by atoms with Crippen molar-refractivity contribution in [2.75, 3.05) is 0 Å². The first-order valence-electron chi connectivity index (χ1n) is 7.71. The predicted octanol–water partition coefficient (Wildman–Crippen LogP) is 4.69. The molecular formula is C20H17BrN2O. The quantitative estimate of drug-likeness (QED) is 0.643. The first kappa shape index (κ1) is 16.4. The van der Waals surface area contributed by atoms with Crippen LogP contribution in [0.2, 0.25) is 0 Å². The third-order valence-corrected chi connectivity index (χ3v) is 4.14. The summed E-state index contributed by atoms with van der Waals surface area (Å²) in [5, 5.41) is 0. The molecule has 0 aliphatic carbocycles. The molecule has 3 rings (SSSR count). The van der Waals surface area contributed by atoms with E-state index in [1.54, 1.807) is 12.3 Å². The predicted molar refractivity (Wildman–Crippen MR) is 98.4 cm³/mol. The molecular weight excluding hydrogens is 364 g/mol. The van der Waals surface area contributed by atoms with Gasteiger partial charge in [0.2, 0.25) is 0 Å². The normalized spacial score (nSPS) is 10.4. The molecule has 0 unspecified atom stereocenters. The number of carbonyl (C=O) groups excluding carboxylic acids is 1. The van der Waals surface area contributed by atoms with Gasteiger partial charge < -0.3 is 4.90 Å². The standard InChI is InChI=1S/C20H17BrN2O/c21-18-11-12-19(22-13-18)20(24)23(14-16-7-3-1-4-8-16)15-17-9-5-2-6-10-17/h1-13H,14-15H2. The fraction of sp³-hybridized carbons (Fsp3) is 0.100. The number of carbonyl (C=O) groups is 1. The lowest BCUT2D eigenvalue weighted by Crippen LogP contribution is -2.30. The van der Waals surface area contributed by atoms with Crippen LogP contribution in [0.4, 0.5) is 0 Å². The minimum atomic E-state index is -0.0739. The van der Waals surface area contributed by atoms with E-state index in [-0.39, 0.29) is 5.91 Å². The number of nitrogens with zero attached hydrogens (tertiary/aromatic N) is 2. The fourth-order valence-electron chi connectivity index (χ4n) is 2.47. The van der Waals surface area contributed by atoms with Crippen LogP contribution >= 0.6 is 15.9 Å². The van der Waals surface area contributed by atoms with Crippen LogP contribution in [0.3, 0.4) is 0 Å². The third kappa shape index (κ3) is 4.30. The summed E-state index contributed by atoms with van der Waals surface area (Å²) in [4.78, 5) is 19.0. The topological polar surface area (TPSA) is 33.2 Å². The number of pyridine rings is 1. The highest BCUT2D eigenvalue weighted by Crippen LogP contribution is 2.15. The number of hydrogen-bond donors (Lipinski definition) is 0. The summed E-state index contributed by atoms with van der Waals surface area (Å²) in [6.07, 6.45) is 1.65. The Morgan fingerprint density at radius 3 is 1.83 bits per heavy atom. The molecule has 0 atom stereocenters. The van der Waals surface area contributed by atoms with Crippen molar-refractivity contribution in [1.82, 2.24) is 9.88 Å². The minimum Gasteiger partial charge on any atom is -0.329 e. The highest BCUT2D eigenvalue weighted by atomic mass is 79.9. The number of hydrogen-bond acceptors (Lipinski definition) is 2. The van der Waals surface area contributed by atoms with Crippen LogP contribution in [0.15, 0.2) is 83.5 Å². The summed E-state index contributed by atoms with van der Waals surface area (Å²) in [5.74, 6) is -0.0739. The molecule has 0 saturated heterocycles. The van der Waals surface area contributed by atoms with Crippen molar-refractivity contribution in [3.05, 3.63) is 100 Å². The van der Waals surface area contributed by atoms with Crippen molar-refractivity contribution in [1.29, 1.82) is 0 Å². The lowest BCUT2D eigenvalue weighted by atomic mass is 10.1. The molecule has 2 aromatic carbocycles. The molecule has 3 nitrogen and oxygen atoms in total. The molecule has 1 amide bonds. The van der Waals surface area contributed by atoms with Crippen LogP contribution in [0.5, 0.6) is 0 Å². The first-order chi connectivity index (χ1) is 11.7. The molecule has 0 bridgehead atoms. The maximum atomic E-state index is 12.9. The van der Waals surface area contributed by atoms with E-state index in [4.69, 9.17) is 0 Å². The van der Waals surface area contributed by atoms with Crippen LogP contribution in [-0.4, -0.2) is 15.8 Å². The van der Waals surface area contributed by atoms with Gasteiger partial charge in [-0.15, -0.1) is 0 Å². The van der Waals surface area contributed by atoms with Gasteiger partial charge in [0.05, 0.1) is 0 Å². The summed E-state index contributed by atoms with van der Waals surface area (Å²) in [5.41, 5.74) is 2.64. The molecule has 1 aromatic heterocycles. The Balaban J connectivity index is 1.85. The van der Waals surface area contributed by atoms with Crippen LogP contribution in [0, 0.1) is 0 Å². The largest absolute Gasteiger partial charge is 0.329 e. The maximum Gasteiger partial charge on any atom is 0.273 e. The second-order valence-corrected chi connectivity index (χ2v) is 6.41. The molecule has 0 radical (unpaired) electrons. The zero-order valence-corrected chi connectivity index (χ0v) is 14.7. The summed E-state index contributed by atoms with van der Waals surface area (Å²) in [6, 6.07) is 23.6. The number of amides is 1. The first-order valence-corrected chi connectivity index (χ1v) is 8.50. The van der Waals surface area contributed by atoms with E-state index in [1.807, 2.05) is 71.6 Å². The zero-order chi connectivity index (χ0) is 16.8. The van der Waals surface area contributed by atoms with Gasteiger partial charge in [0.15, 0.2) is 0 Å². The van der Waals surface area contributed by atoms with Gasteiger partial charge in [-0.3, -0.25) is 4.79 Å². The molecule has 0 aliphatic rings. The van der Waals surface area contributed by atoms with Gasteiger partial charge in [0.25, 0.3) is 5.91 Å². The Kier molecular flexibility index (Phi) is 5.39. The second-order valence-electron chi connectivity index (χ2n) is 5.49. The van der Waals surface area contributed by atoms with Crippen LogP contribution in [-0.2, 0) is 13.1 Å². The summed E-state index contributed by atoms with van der Waals surface area (Å²) in [7, 11) is 0. The number of halogens is 1. The number of aromatic nitrogens is 1. The van der Waals surface area contributed by atoms with E-state index in [0.717, 1.165) is 15.6 Å². The molecule has 0 N–H and O–H groups in total. The lowest BCUT2D eigenvalue weighted by Gasteiger charge is -2.23. The van der Waals surface area contributed by atoms with Gasteiger partial charge in [-0.2, -0.15) is 0 Å². The van der Waals surface area contributed by atoms with E-state index in [0.29, 0.717) is 18.8 Å². The Hall–Kier alpha value is -2.46. The molecule has 1 heterocycles. The van der Waals surface area contributed by atoms with Crippen molar-refractivity contribution < 1.29 is 4.79 Å². The number of rotatable bonds is 5. The van der Waals surface area contributed by atoms with Crippen molar-refractivity contribution in [2.45, 2.75) is 13.1 Å². The van der Waals surface area contributed by atoms with E-state index >= 15 is 0 Å². The maximum absolute atomic E-state index is 12.9. The molecule has 120 valence electrons. The van der Waals surface area contributed by atoms with Crippen molar-refractivity contribution in [3.63, 3.8) is 0 Å². The van der Waals surface area contributed by atoms with Gasteiger partial charge in [0, 0.05) is 23.8 Å². The monoisotopic (exact) mass is 380 g/mol. The van der Waals surface area contributed by atoms with E-state index in [9.17, 15) is 4.79 Å². The highest BCUT2D eigenvalue weighted by molar-refractivity contribution is 9.10. The Bertz CT molecular complexity index is 747. The van der Waals surface area contributed by atoms with E-state index in [2.05, 4.69) is 20.9 Å². The van der Waals surface area contributed by atoms with Crippen molar-refractivity contribution in [3.8, 4) is 0 Å². The minimum absolute atomic E-state index is 0.0739. The summed E-state index contributed by atoms with van der Waals surface area (Å²) in [6.45, 7) is 1.10. The van der Waals surface area contributed by atoms with Crippen molar-refractivity contribution in [2.24, 2.45) is 0 Å². The van der Waals surface area contributed by atoms with Crippen LogP contribution in [0.25, 0.3) is 0 Å². The molecule has 4 heteroatoms. The lowest BCUT2D eigenvalue weighted by molar-refractivity contribution is 0.0724. The van der Waals surface area contributed by atoms with Gasteiger partial charge in [-0.1, -0.05) is 60.7 Å². The Labute approximate surface area is 150 Å². The zero-order valence-electron chi connectivity index (χ0n) is 13.1. The van der Waals surface area contributed by atoms with E-state index in [1.165, 1.54) is 0 Å². The molecule has 0 saturated carbocycles. The molecule has 3 aromatic rings. The van der Waals surface area contributed by atoms with Crippen LogP contribution in [0.1, 0.15) is 21.6 Å². The van der Waals surface area contributed by atoms with Crippen LogP contribution < -0.4 is 0 Å². The average Bonchev–Trinajstić information content (AvgIpc) is 2.63. The third-order valence-electron chi connectivity index (χ3n) is 3.67. The Morgan fingerprint density at radius 1 is 0.833 bits per heavy atom. The molecule has 0 aliphatic heterocycles. The number of benzene rings is 2. The smallest absolute Gasteiger partial charge is 0.273 e. The van der Waals surface area contributed by atoms with Gasteiger partial charge >= 0.3 is 0 Å². The van der Waals surface area contributed by atoms with Gasteiger partial charge in [-0.05, 0) is 39.2 Å². The summed E-state index contributed by atoms with van der Waals surface area (Å²) < 4.78 is 0.858. The van der Waals surface area contributed by atoms with E-state index < -0.39 is 0 Å².